The molecular weight excluding hydrogens is 359 g/mol. The molecule has 4 saturated carbocycles. The minimum Gasteiger partial charge on any atom is -0.333 e. The number of para-hydroxylation sites is 2. The van der Waals surface area contributed by atoms with Crippen molar-refractivity contribution in [1.29, 1.82) is 0 Å². The van der Waals surface area contributed by atoms with E-state index in [0.29, 0.717) is 5.54 Å². The minimum absolute atomic E-state index is 0.241. The van der Waals surface area contributed by atoms with Crippen LogP contribution in [0, 0.1) is 24.4 Å². The zero-order chi connectivity index (χ0) is 19.9. The highest BCUT2D eigenvalue weighted by molar-refractivity contribution is 7.62. The number of anilines is 2. The van der Waals surface area contributed by atoms with Crippen LogP contribution in [-0.4, -0.2) is 15.9 Å². The van der Waals surface area contributed by atoms with Gasteiger partial charge in [-0.1, -0.05) is 53.7 Å². The molecule has 0 unspecified atom stereocenters. The summed E-state index contributed by atoms with van der Waals surface area (Å²) in [6.45, 7) is 18.5. The first-order chi connectivity index (χ1) is 13.1. The second-order valence-corrected chi connectivity index (χ2v) is 15.7. The number of nitrogens with zero attached hydrogens (tertiary/aromatic N) is 2. The lowest BCUT2D eigenvalue weighted by Gasteiger charge is -2.60. The van der Waals surface area contributed by atoms with Crippen molar-refractivity contribution in [2.45, 2.75) is 95.9 Å². The molecule has 1 aromatic carbocycles. The van der Waals surface area contributed by atoms with Gasteiger partial charge in [0.15, 0.2) is 0 Å². The van der Waals surface area contributed by atoms with Crippen LogP contribution in [0.3, 0.4) is 0 Å². The Bertz CT molecular complexity index is 707. The van der Waals surface area contributed by atoms with Crippen molar-refractivity contribution in [1.82, 2.24) is 0 Å². The molecule has 0 saturated heterocycles. The van der Waals surface area contributed by atoms with Crippen molar-refractivity contribution in [2.75, 3.05) is 9.57 Å². The van der Waals surface area contributed by atoms with E-state index < -0.39 is 8.07 Å². The smallest absolute Gasteiger partial charge is 0.213 e. The van der Waals surface area contributed by atoms with E-state index in [1.165, 1.54) is 49.9 Å². The van der Waals surface area contributed by atoms with Gasteiger partial charge in [0, 0.05) is 23.9 Å². The quantitative estimate of drug-likeness (QED) is 0.485. The molecule has 6 rings (SSSR count). The Morgan fingerprint density at radius 1 is 0.821 bits per heavy atom. The Kier molecular flexibility index (Phi) is 4.21. The monoisotopic (exact) mass is 396 g/mol. The minimum atomic E-state index is -0.418. The van der Waals surface area contributed by atoms with Crippen molar-refractivity contribution < 1.29 is 0 Å². The molecule has 1 aliphatic heterocycles. The van der Waals surface area contributed by atoms with E-state index in [1.54, 1.807) is 0 Å². The van der Waals surface area contributed by atoms with Crippen molar-refractivity contribution in [2.24, 2.45) is 17.8 Å². The summed E-state index contributed by atoms with van der Waals surface area (Å²) in [6, 6.07) is 9.15. The summed E-state index contributed by atoms with van der Waals surface area (Å²) < 4.78 is 2.59. The van der Waals surface area contributed by atoms with Gasteiger partial charge in [0.05, 0.1) is 11.4 Å². The predicted molar refractivity (Wildman–Crippen MR) is 122 cm³/mol. The van der Waals surface area contributed by atoms with Crippen LogP contribution < -0.4 is 9.57 Å². The third kappa shape index (κ3) is 2.92. The highest BCUT2D eigenvalue weighted by atomic mass is 31.1. The van der Waals surface area contributed by atoms with E-state index in [0.717, 1.165) is 17.8 Å². The van der Waals surface area contributed by atoms with Crippen LogP contribution in [0.2, 0.25) is 0 Å². The average Bonchev–Trinajstić information content (AvgIpc) is 2.91. The van der Waals surface area contributed by atoms with Crippen LogP contribution in [-0.2, 0) is 0 Å². The lowest BCUT2D eigenvalue weighted by molar-refractivity contribution is -0.00118. The van der Waals surface area contributed by atoms with Crippen LogP contribution >= 0.6 is 8.07 Å². The summed E-state index contributed by atoms with van der Waals surface area (Å²) in [7, 11) is -0.418. The molecule has 0 amide bonds. The van der Waals surface area contributed by atoms with E-state index in [1.807, 2.05) is 0 Å². The maximum atomic E-state index is 4.02. The van der Waals surface area contributed by atoms with Gasteiger partial charge in [-0.15, -0.1) is 0 Å². The van der Waals surface area contributed by atoms with E-state index in [-0.39, 0.29) is 10.3 Å². The standard InChI is InChI=1S/C25H37N2P/c1-23(2,3)28(24(4,5)6)27-17-26(21-9-7-8-10-22(21)27)25-14-18-11-19(15-25)13-20(12-18)16-25/h7-10,18-20H,11-16H2,1-6H3. The van der Waals surface area contributed by atoms with E-state index in [2.05, 4.69) is 82.0 Å². The van der Waals surface area contributed by atoms with Crippen LogP contribution in [0.4, 0.5) is 11.4 Å². The molecule has 4 aliphatic carbocycles. The third-order valence-corrected chi connectivity index (χ3v) is 10.7. The highest BCUT2D eigenvalue weighted by Gasteiger charge is 2.57. The predicted octanol–water partition coefficient (Wildman–Crippen LogP) is 7.27. The Morgan fingerprint density at radius 3 is 1.75 bits per heavy atom. The van der Waals surface area contributed by atoms with Gasteiger partial charge in [0.1, 0.15) is 0 Å². The molecular formula is C25H37N2P. The highest BCUT2D eigenvalue weighted by Crippen LogP contribution is 2.68. The fourth-order valence-electron chi connectivity index (χ4n) is 7.49. The molecule has 152 valence electrons. The van der Waals surface area contributed by atoms with Crippen molar-refractivity contribution >= 4 is 19.4 Å². The second-order valence-electron chi connectivity index (χ2n) is 12.0. The fourth-order valence-corrected chi connectivity index (χ4v) is 11.3. The molecule has 3 heteroatoms. The Labute approximate surface area is 173 Å². The fraction of sp³-hybridized carbons (Fsp3) is 0.720. The molecule has 0 spiro atoms. The van der Waals surface area contributed by atoms with Gasteiger partial charge in [-0.25, -0.2) is 0 Å². The van der Waals surface area contributed by atoms with Gasteiger partial charge in [-0.2, -0.15) is 0 Å². The number of fused-ring (bicyclic) bond motifs is 1. The Balaban J connectivity index is 1.56. The maximum Gasteiger partial charge on any atom is 0.213 e. The molecule has 0 aromatic heterocycles. The van der Waals surface area contributed by atoms with Crippen LogP contribution in [0.1, 0.15) is 80.1 Å². The zero-order valence-corrected chi connectivity index (χ0v) is 19.5. The van der Waals surface area contributed by atoms with Crippen molar-refractivity contribution in [3.05, 3.63) is 30.9 Å². The molecule has 4 fully saturated rings. The summed E-state index contributed by atoms with van der Waals surface area (Å²) in [5.74, 6) is 2.88. The summed E-state index contributed by atoms with van der Waals surface area (Å²) in [5.41, 5.74) is 3.15. The number of hydrogen-bond donors (Lipinski definition) is 0. The summed E-state index contributed by atoms with van der Waals surface area (Å²) in [5, 5.41) is 0.482. The molecule has 5 aliphatic rings. The van der Waals surface area contributed by atoms with Gasteiger partial charge >= 0.3 is 0 Å². The first-order valence-electron chi connectivity index (χ1n) is 11.3. The van der Waals surface area contributed by atoms with Crippen LogP contribution in [0.5, 0.6) is 0 Å². The van der Waals surface area contributed by atoms with Crippen molar-refractivity contribution in [3.8, 4) is 0 Å². The lowest BCUT2D eigenvalue weighted by atomic mass is 9.52. The molecule has 1 aromatic rings. The summed E-state index contributed by atoms with van der Waals surface area (Å²) >= 11 is 0. The van der Waals surface area contributed by atoms with E-state index in [9.17, 15) is 0 Å². The number of hydrogen-bond acceptors (Lipinski definition) is 2. The Hall–Kier alpha value is -0.750. The summed E-state index contributed by atoms with van der Waals surface area (Å²) in [4.78, 5) is 2.65. The molecule has 2 nitrogen and oxygen atoms in total. The zero-order valence-electron chi connectivity index (χ0n) is 18.6. The maximum absolute atomic E-state index is 4.02. The largest absolute Gasteiger partial charge is 0.333 e. The SMILES string of the molecule is CC(C)(C)P(N1[C]N(C23CC4CC(CC(C4)C2)C3)c2ccccc21)C(C)(C)C. The normalized spacial score (nSPS) is 34.5. The molecule has 0 N–H and O–H groups in total. The molecule has 0 atom stereocenters. The van der Waals surface area contributed by atoms with Crippen molar-refractivity contribution in [3.63, 3.8) is 0 Å². The van der Waals surface area contributed by atoms with Gasteiger partial charge < -0.3 is 9.57 Å². The first-order valence-corrected chi connectivity index (χ1v) is 12.6. The van der Waals surface area contributed by atoms with Gasteiger partial charge in [0.2, 0.25) is 6.67 Å². The average molecular weight is 397 g/mol. The Morgan fingerprint density at radius 2 is 1.29 bits per heavy atom. The van der Waals surface area contributed by atoms with Crippen LogP contribution in [0.15, 0.2) is 24.3 Å². The van der Waals surface area contributed by atoms with Gasteiger partial charge in [-0.05, 0) is 68.4 Å². The lowest BCUT2D eigenvalue weighted by Crippen LogP contribution is -2.59. The third-order valence-electron chi connectivity index (χ3n) is 7.50. The van der Waals surface area contributed by atoms with Gasteiger partial charge in [-0.3, -0.25) is 0 Å². The molecule has 1 heterocycles. The number of benzene rings is 1. The van der Waals surface area contributed by atoms with E-state index in [4.69, 9.17) is 0 Å². The topological polar surface area (TPSA) is 6.48 Å². The molecule has 2 radical (unpaired) electrons. The number of rotatable bonds is 2. The second kappa shape index (κ2) is 6.13. The first kappa shape index (κ1) is 19.2. The van der Waals surface area contributed by atoms with Crippen LogP contribution in [0.25, 0.3) is 0 Å². The van der Waals surface area contributed by atoms with Gasteiger partial charge in [0.25, 0.3) is 0 Å². The van der Waals surface area contributed by atoms with E-state index >= 15 is 0 Å². The molecule has 28 heavy (non-hydrogen) atoms. The summed E-state index contributed by atoms with van der Waals surface area (Å²) in [6.07, 6.45) is 8.64. The molecule has 4 bridgehead atoms.